The quantitative estimate of drug-likeness (QED) is 0.0606. The summed E-state index contributed by atoms with van der Waals surface area (Å²) >= 11 is 0. The molecule has 6 aromatic rings. The lowest BCUT2D eigenvalue weighted by molar-refractivity contribution is -0.163. The molecule has 6 rings (SSSR count). The third-order valence-corrected chi connectivity index (χ3v) is 10.8. The molecule has 0 radical (unpaired) electrons. The fourth-order valence-corrected chi connectivity index (χ4v) is 6.62. The van der Waals surface area contributed by atoms with Crippen LogP contribution in [0.1, 0.15) is 88.7 Å². The van der Waals surface area contributed by atoms with Gasteiger partial charge in [0.05, 0.1) is 18.2 Å². The van der Waals surface area contributed by atoms with Crippen LogP contribution in [0.5, 0.6) is 23.0 Å². The number of hydrogen-bond donors (Lipinski definition) is 0. The van der Waals surface area contributed by atoms with Crippen LogP contribution in [0.3, 0.4) is 0 Å². The number of carbonyl (C=O) groups is 4. The van der Waals surface area contributed by atoms with E-state index in [2.05, 4.69) is 13.8 Å². The molecule has 0 unspecified atom stereocenters. The van der Waals surface area contributed by atoms with Gasteiger partial charge in [0.2, 0.25) is 5.78 Å². The van der Waals surface area contributed by atoms with Crippen LogP contribution in [0.25, 0.3) is 0 Å². The van der Waals surface area contributed by atoms with Gasteiger partial charge in [0.1, 0.15) is 23.0 Å². The number of benzene rings is 6. The van der Waals surface area contributed by atoms with E-state index in [-0.39, 0.29) is 28.0 Å². The second kappa shape index (κ2) is 17.5. The van der Waals surface area contributed by atoms with E-state index in [1.54, 1.807) is 55.6 Å². The molecule has 0 saturated carbocycles. The standard InChI is InChI=1S/C50H42F4O8/c1-31(55)49(51,52)38-11-13-39(14-12-38)50(53,54)46(58)62-43-29-21-37(22-30-43)48(4,5)36-19-27-42(28-20-36)61-45(57)33-9-7-32(8-10-33)44(56)60-41-25-17-35(18-26-41)47(2,3)34-15-23-40(59-6)24-16-34/h7-30H,1-6H3. The van der Waals surface area contributed by atoms with Crippen LogP contribution in [-0.2, 0) is 32.3 Å². The number of hydrogen-bond acceptors (Lipinski definition) is 8. The normalized spacial score (nSPS) is 12.0. The molecule has 0 aliphatic rings. The van der Waals surface area contributed by atoms with E-state index in [9.17, 15) is 36.7 Å². The highest BCUT2D eigenvalue weighted by Crippen LogP contribution is 2.37. The molecule has 0 aliphatic heterocycles. The average Bonchev–Trinajstić information content (AvgIpc) is 3.27. The van der Waals surface area contributed by atoms with E-state index in [0.717, 1.165) is 28.0 Å². The number of alkyl halides is 4. The second-order valence-electron chi connectivity index (χ2n) is 15.6. The first kappa shape index (κ1) is 44.5. The molecule has 0 atom stereocenters. The minimum Gasteiger partial charge on any atom is -0.497 e. The van der Waals surface area contributed by atoms with Gasteiger partial charge in [0.25, 0.3) is 0 Å². The monoisotopic (exact) mass is 846 g/mol. The molecular formula is C50H42F4O8. The predicted octanol–water partition coefficient (Wildman–Crippen LogP) is 11.2. The van der Waals surface area contributed by atoms with Gasteiger partial charge in [0, 0.05) is 28.9 Å². The zero-order chi connectivity index (χ0) is 45.0. The van der Waals surface area contributed by atoms with E-state index in [1.165, 1.54) is 36.4 Å². The van der Waals surface area contributed by atoms with E-state index in [4.69, 9.17) is 18.9 Å². The highest BCUT2D eigenvalue weighted by Gasteiger charge is 2.44. The van der Waals surface area contributed by atoms with Crippen molar-refractivity contribution in [2.45, 2.75) is 57.3 Å². The third kappa shape index (κ3) is 9.44. The second-order valence-corrected chi connectivity index (χ2v) is 15.6. The number of ether oxygens (including phenoxy) is 4. The summed E-state index contributed by atoms with van der Waals surface area (Å²) in [6.45, 7) is 8.71. The third-order valence-electron chi connectivity index (χ3n) is 10.8. The SMILES string of the molecule is COc1ccc(C(C)(C)c2ccc(OC(=O)c3ccc(C(=O)Oc4ccc(C(C)(C)c5ccc(OC(=O)C(F)(F)c6ccc(C(F)(F)C(C)=O)cc6)cc5)cc4)cc3)cc2)cc1. The Morgan fingerprint density at radius 1 is 0.387 bits per heavy atom. The highest BCUT2D eigenvalue weighted by molar-refractivity contribution is 5.95. The molecule has 0 aromatic heterocycles. The smallest absolute Gasteiger partial charge is 0.387 e. The van der Waals surface area contributed by atoms with Crippen molar-refractivity contribution in [2.75, 3.05) is 7.11 Å². The molecule has 0 spiro atoms. The van der Waals surface area contributed by atoms with E-state index >= 15 is 0 Å². The lowest BCUT2D eigenvalue weighted by Crippen LogP contribution is -2.31. The van der Waals surface area contributed by atoms with Gasteiger partial charge in [-0.2, -0.15) is 17.6 Å². The first-order valence-electron chi connectivity index (χ1n) is 19.3. The van der Waals surface area contributed by atoms with E-state index < -0.39 is 52.1 Å². The summed E-state index contributed by atoms with van der Waals surface area (Å²) in [6.07, 6.45) is 0. The first-order chi connectivity index (χ1) is 29.2. The average molecular weight is 847 g/mol. The molecule has 0 bridgehead atoms. The minimum absolute atomic E-state index is 0.169. The maximum Gasteiger partial charge on any atom is 0.387 e. The number of halogens is 4. The van der Waals surface area contributed by atoms with E-state index in [1.807, 2.05) is 50.2 Å². The van der Waals surface area contributed by atoms with Gasteiger partial charge in [0.15, 0.2) is 0 Å². The molecule has 12 heteroatoms. The molecule has 0 heterocycles. The van der Waals surface area contributed by atoms with Crippen LogP contribution in [0, 0.1) is 0 Å². The van der Waals surface area contributed by atoms with Crippen LogP contribution in [0.2, 0.25) is 0 Å². The Morgan fingerprint density at radius 2 is 0.661 bits per heavy atom. The van der Waals surface area contributed by atoms with Gasteiger partial charge >= 0.3 is 29.8 Å². The lowest BCUT2D eigenvalue weighted by atomic mass is 9.78. The van der Waals surface area contributed by atoms with Gasteiger partial charge in [-0.05, 0) is 95.1 Å². The Labute approximate surface area is 356 Å². The van der Waals surface area contributed by atoms with Gasteiger partial charge < -0.3 is 18.9 Å². The first-order valence-corrected chi connectivity index (χ1v) is 19.3. The van der Waals surface area contributed by atoms with Crippen LogP contribution >= 0.6 is 0 Å². The zero-order valence-electron chi connectivity index (χ0n) is 34.6. The summed E-state index contributed by atoms with van der Waals surface area (Å²) in [5, 5.41) is 0. The Balaban J connectivity index is 1.02. The van der Waals surface area contributed by atoms with Crippen molar-refractivity contribution in [1.82, 2.24) is 0 Å². The number of ketones is 1. The number of Topliss-reactive ketones (excluding diaryl/α,β-unsaturated/α-hetero) is 1. The largest absolute Gasteiger partial charge is 0.497 e. The number of carbonyl (C=O) groups excluding carboxylic acids is 4. The molecule has 62 heavy (non-hydrogen) atoms. The number of rotatable bonds is 14. The molecular weight excluding hydrogens is 805 g/mol. The predicted molar refractivity (Wildman–Crippen MR) is 223 cm³/mol. The molecule has 0 aliphatic carbocycles. The van der Waals surface area contributed by atoms with Crippen LogP contribution < -0.4 is 18.9 Å². The lowest BCUT2D eigenvalue weighted by Gasteiger charge is -2.26. The topological polar surface area (TPSA) is 105 Å². The fraction of sp³-hybridized carbons (Fsp3) is 0.200. The van der Waals surface area contributed by atoms with Crippen molar-refractivity contribution in [3.8, 4) is 23.0 Å². The zero-order valence-corrected chi connectivity index (χ0v) is 34.6. The van der Waals surface area contributed by atoms with Crippen molar-refractivity contribution >= 4 is 23.7 Å². The molecule has 0 N–H and O–H groups in total. The summed E-state index contributed by atoms with van der Waals surface area (Å²) in [4.78, 5) is 49.6. The Hall–Kier alpha value is -7.08. The molecule has 8 nitrogen and oxygen atoms in total. The van der Waals surface area contributed by atoms with Crippen molar-refractivity contribution in [2.24, 2.45) is 0 Å². The van der Waals surface area contributed by atoms with Crippen molar-refractivity contribution in [1.29, 1.82) is 0 Å². The Kier molecular flexibility index (Phi) is 12.5. The molecule has 0 saturated heterocycles. The van der Waals surface area contributed by atoms with Gasteiger partial charge in [-0.1, -0.05) is 100 Å². The molecule has 318 valence electrons. The molecule has 0 fully saturated rings. The maximum absolute atomic E-state index is 14.9. The Morgan fingerprint density at radius 3 is 0.968 bits per heavy atom. The van der Waals surface area contributed by atoms with Gasteiger partial charge in [-0.15, -0.1) is 0 Å². The summed E-state index contributed by atoms with van der Waals surface area (Å²) in [5.41, 5.74) is 1.52. The minimum atomic E-state index is -4.17. The molecule has 0 amide bonds. The summed E-state index contributed by atoms with van der Waals surface area (Å²) in [6, 6.07) is 36.4. The fourth-order valence-electron chi connectivity index (χ4n) is 6.62. The number of esters is 3. The highest BCUT2D eigenvalue weighted by atomic mass is 19.3. The maximum atomic E-state index is 14.9. The summed E-state index contributed by atoms with van der Waals surface area (Å²) in [5.74, 6) is -11.4. The molecule has 6 aromatic carbocycles. The van der Waals surface area contributed by atoms with Crippen LogP contribution in [-0.4, -0.2) is 30.8 Å². The Bertz CT molecular complexity index is 2560. The van der Waals surface area contributed by atoms with E-state index in [0.29, 0.717) is 36.9 Å². The number of methoxy groups -OCH3 is 1. The van der Waals surface area contributed by atoms with Crippen LogP contribution in [0.15, 0.2) is 146 Å². The van der Waals surface area contributed by atoms with Crippen molar-refractivity contribution < 1.29 is 55.7 Å². The van der Waals surface area contributed by atoms with Crippen molar-refractivity contribution in [3.05, 3.63) is 190 Å². The summed E-state index contributed by atoms with van der Waals surface area (Å²) in [7, 11) is 1.62. The van der Waals surface area contributed by atoms with Gasteiger partial charge in [-0.3, -0.25) is 4.79 Å². The van der Waals surface area contributed by atoms with Gasteiger partial charge in [-0.25, -0.2) is 14.4 Å². The summed E-state index contributed by atoms with van der Waals surface area (Å²) < 4.78 is 79.2. The van der Waals surface area contributed by atoms with Crippen molar-refractivity contribution in [3.63, 3.8) is 0 Å². The van der Waals surface area contributed by atoms with Crippen LogP contribution in [0.4, 0.5) is 17.6 Å².